The zero-order valence-corrected chi connectivity index (χ0v) is 13.0. The van der Waals surface area contributed by atoms with Gasteiger partial charge in [0.2, 0.25) is 5.91 Å². The first-order valence-electron chi connectivity index (χ1n) is 7.40. The predicted octanol–water partition coefficient (Wildman–Crippen LogP) is 2.38. The van der Waals surface area contributed by atoms with Crippen LogP contribution in [0.2, 0.25) is 0 Å². The topological polar surface area (TPSA) is 46.6 Å². The lowest BCUT2D eigenvalue weighted by molar-refractivity contribution is -0.147. The van der Waals surface area contributed by atoms with Crippen molar-refractivity contribution in [1.29, 1.82) is 0 Å². The van der Waals surface area contributed by atoms with Crippen LogP contribution in [0, 0.1) is 5.92 Å². The minimum Gasteiger partial charge on any atom is -0.469 e. The lowest BCUT2D eigenvalue weighted by Gasteiger charge is -2.43. The molecule has 0 N–H and O–H groups in total. The lowest BCUT2D eigenvalue weighted by Crippen LogP contribution is -2.51. The smallest absolute Gasteiger partial charge is 0.310 e. The van der Waals surface area contributed by atoms with E-state index in [1.54, 1.807) is 18.9 Å². The van der Waals surface area contributed by atoms with Crippen molar-refractivity contribution in [2.75, 3.05) is 20.7 Å². The highest BCUT2D eigenvalue weighted by Crippen LogP contribution is 2.45. The van der Waals surface area contributed by atoms with Crippen LogP contribution in [0.15, 0.2) is 30.3 Å². The van der Waals surface area contributed by atoms with E-state index in [0.29, 0.717) is 6.54 Å². The Bertz CT molecular complexity index is 508. The Kier molecular flexibility index (Phi) is 4.66. The quantitative estimate of drug-likeness (QED) is 0.782. The van der Waals surface area contributed by atoms with Gasteiger partial charge in [0.15, 0.2) is 0 Å². The maximum atomic E-state index is 12.9. The molecular weight excluding hydrogens is 266 g/mol. The van der Waals surface area contributed by atoms with Gasteiger partial charge in [-0.15, -0.1) is 0 Å². The molecule has 1 amide bonds. The second-order valence-electron chi connectivity index (χ2n) is 5.91. The van der Waals surface area contributed by atoms with Crippen molar-refractivity contribution in [3.63, 3.8) is 0 Å². The van der Waals surface area contributed by atoms with Crippen LogP contribution in [-0.4, -0.2) is 37.5 Å². The van der Waals surface area contributed by atoms with Crippen molar-refractivity contribution >= 4 is 11.9 Å². The summed E-state index contributed by atoms with van der Waals surface area (Å²) >= 11 is 0. The molecule has 0 radical (unpaired) electrons. The van der Waals surface area contributed by atoms with Crippen molar-refractivity contribution in [1.82, 2.24) is 4.90 Å². The third-order valence-electron chi connectivity index (χ3n) is 4.44. The molecule has 1 aromatic carbocycles. The number of hydrogen-bond donors (Lipinski definition) is 0. The zero-order chi connectivity index (χ0) is 15.5. The Morgan fingerprint density at radius 2 is 1.90 bits per heavy atom. The Labute approximate surface area is 126 Å². The van der Waals surface area contributed by atoms with E-state index >= 15 is 0 Å². The normalized spacial score (nSPS) is 17.5. The van der Waals surface area contributed by atoms with Crippen molar-refractivity contribution in [2.24, 2.45) is 5.92 Å². The first kappa shape index (κ1) is 15.5. The number of nitrogens with zero attached hydrogens (tertiary/aromatic N) is 1. The summed E-state index contributed by atoms with van der Waals surface area (Å²) in [6, 6.07) is 9.95. The summed E-state index contributed by atoms with van der Waals surface area (Å²) in [5.74, 6) is -0.482. The van der Waals surface area contributed by atoms with E-state index in [4.69, 9.17) is 4.74 Å². The number of amides is 1. The Balaban J connectivity index is 2.12. The molecule has 4 heteroatoms. The van der Waals surface area contributed by atoms with Crippen LogP contribution in [0.25, 0.3) is 0 Å². The predicted molar refractivity (Wildman–Crippen MR) is 80.8 cm³/mol. The minimum atomic E-state index is -0.397. The SMILES string of the molecule is COC(=O)C(C)CN(C)C(=O)C1(c2ccccc2)CCC1. The van der Waals surface area contributed by atoms with Crippen LogP contribution in [0.5, 0.6) is 0 Å². The van der Waals surface area contributed by atoms with Crippen LogP contribution in [0.1, 0.15) is 31.7 Å². The number of carbonyl (C=O) groups is 2. The molecule has 4 nitrogen and oxygen atoms in total. The van der Waals surface area contributed by atoms with Gasteiger partial charge in [0.25, 0.3) is 0 Å². The van der Waals surface area contributed by atoms with Crippen molar-refractivity contribution < 1.29 is 14.3 Å². The van der Waals surface area contributed by atoms with Gasteiger partial charge < -0.3 is 9.64 Å². The van der Waals surface area contributed by atoms with Crippen molar-refractivity contribution in [3.05, 3.63) is 35.9 Å². The van der Waals surface area contributed by atoms with Crippen LogP contribution in [0.4, 0.5) is 0 Å². The molecule has 0 spiro atoms. The zero-order valence-electron chi connectivity index (χ0n) is 13.0. The summed E-state index contributed by atoms with van der Waals surface area (Å²) in [5.41, 5.74) is 0.685. The highest BCUT2D eigenvalue weighted by Gasteiger charge is 2.47. The molecule has 1 atom stereocenters. The van der Waals surface area contributed by atoms with E-state index in [0.717, 1.165) is 24.8 Å². The Morgan fingerprint density at radius 1 is 1.29 bits per heavy atom. The third kappa shape index (κ3) is 2.94. The minimum absolute atomic E-state index is 0.107. The summed E-state index contributed by atoms with van der Waals surface area (Å²) < 4.78 is 4.73. The van der Waals surface area contributed by atoms with Gasteiger partial charge in [-0.2, -0.15) is 0 Å². The number of methoxy groups -OCH3 is 1. The fourth-order valence-electron chi connectivity index (χ4n) is 3.05. The average Bonchev–Trinajstić information content (AvgIpc) is 2.46. The number of hydrogen-bond acceptors (Lipinski definition) is 3. The standard InChI is InChI=1S/C17H23NO3/c1-13(15(19)21-3)12-18(2)16(20)17(10-7-11-17)14-8-5-4-6-9-14/h4-6,8-9,13H,7,10-12H2,1-3H3. The number of likely N-dealkylation sites (N-methyl/N-ethyl adjacent to an activating group) is 1. The second kappa shape index (κ2) is 6.29. The summed E-state index contributed by atoms with van der Waals surface area (Å²) in [4.78, 5) is 26.1. The van der Waals surface area contributed by atoms with Gasteiger partial charge >= 0.3 is 5.97 Å². The Hall–Kier alpha value is -1.84. The van der Waals surface area contributed by atoms with Crippen molar-refractivity contribution in [2.45, 2.75) is 31.6 Å². The summed E-state index contributed by atoms with van der Waals surface area (Å²) in [7, 11) is 3.14. The first-order valence-corrected chi connectivity index (χ1v) is 7.40. The van der Waals surface area contributed by atoms with Gasteiger partial charge in [0.05, 0.1) is 18.4 Å². The van der Waals surface area contributed by atoms with E-state index in [1.165, 1.54) is 7.11 Å². The van der Waals surface area contributed by atoms with E-state index < -0.39 is 5.41 Å². The molecule has 1 aromatic rings. The van der Waals surface area contributed by atoms with Gasteiger partial charge in [0.1, 0.15) is 0 Å². The monoisotopic (exact) mass is 289 g/mol. The molecule has 0 aromatic heterocycles. The second-order valence-corrected chi connectivity index (χ2v) is 5.91. The van der Waals surface area contributed by atoms with Crippen LogP contribution in [0.3, 0.4) is 0 Å². The van der Waals surface area contributed by atoms with Crippen LogP contribution < -0.4 is 0 Å². The molecule has 2 rings (SSSR count). The molecule has 1 aliphatic rings. The molecule has 1 unspecified atom stereocenters. The number of benzene rings is 1. The van der Waals surface area contributed by atoms with Crippen LogP contribution in [-0.2, 0) is 19.7 Å². The molecule has 1 fully saturated rings. The molecule has 114 valence electrons. The van der Waals surface area contributed by atoms with E-state index in [-0.39, 0.29) is 17.8 Å². The maximum Gasteiger partial charge on any atom is 0.310 e. The van der Waals surface area contributed by atoms with Gasteiger partial charge in [0, 0.05) is 13.6 Å². The third-order valence-corrected chi connectivity index (χ3v) is 4.44. The van der Waals surface area contributed by atoms with E-state index in [1.807, 2.05) is 30.3 Å². The average molecular weight is 289 g/mol. The molecular formula is C17H23NO3. The van der Waals surface area contributed by atoms with E-state index in [9.17, 15) is 9.59 Å². The summed E-state index contributed by atoms with van der Waals surface area (Å²) in [5, 5.41) is 0. The summed E-state index contributed by atoms with van der Waals surface area (Å²) in [6.07, 6.45) is 2.83. The van der Waals surface area contributed by atoms with Crippen molar-refractivity contribution in [3.8, 4) is 0 Å². The maximum absolute atomic E-state index is 12.9. The largest absolute Gasteiger partial charge is 0.469 e. The number of rotatable bonds is 5. The van der Waals surface area contributed by atoms with E-state index in [2.05, 4.69) is 0 Å². The Morgan fingerprint density at radius 3 is 2.38 bits per heavy atom. The molecule has 1 aliphatic carbocycles. The number of esters is 1. The fourth-order valence-corrected chi connectivity index (χ4v) is 3.05. The van der Waals surface area contributed by atoms with Gasteiger partial charge in [-0.25, -0.2) is 0 Å². The molecule has 0 aliphatic heterocycles. The molecule has 21 heavy (non-hydrogen) atoms. The number of carbonyl (C=O) groups excluding carboxylic acids is 2. The molecule has 0 bridgehead atoms. The van der Waals surface area contributed by atoms with Crippen LogP contribution >= 0.6 is 0 Å². The lowest BCUT2D eigenvalue weighted by atomic mass is 9.63. The van der Waals surface area contributed by atoms with Gasteiger partial charge in [-0.3, -0.25) is 9.59 Å². The highest BCUT2D eigenvalue weighted by atomic mass is 16.5. The molecule has 0 saturated heterocycles. The fraction of sp³-hybridized carbons (Fsp3) is 0.529. The molecule has 0 heterocycles. The highest BCUT2D eigenvalue weighted by molar-refractivity contribution is 5.89. The number of ether oxygens (including phenoxy) is 1. The summed E-state index contributed by atoms with van der Waals surface area (Å²) in [6.45, 7) is 2.17. The molecule has 1 saturated carbocycles. The van der Waals surface area contributed by atoms with Gasteiger partial charge in [-0.05, 0) is 18.4 Å². The first-order chi connectivity index (χ1) is 10.0. The van der Waals surface area contributed by atoms with Gasteiger partial charge in [-0.1, -0.05) is 43.7 Å².